The number of hydrogen-bond donors (Lipinski definition) is 1. The molecule has 0 amide bonds. The minimum atomic E-state index is -2.44. The maximum absolute atomic E-state index is 12.6. The molecule has 0 unspecified atom stereocenters. The Bertz CT molecular complexity index is 739. The number of halogens is 2. The molecule has 0 saturated heterocycles. The van der Waals surface area contributed by atoms with Crippen LogP contribution in [0.1, 0.15) is 23.4 Å². The van der Waals surface area contributed by atoms with E-state index >= 15 is 0 Å². The van der Waals surface area contributed by atoms with Crippen LogP contribution in [0, 0.1) is 0 Å². The van der Waals surface area contributed by atoms with E-state index in [-0.39, 0.29) is 5.56 Å². The summed E-state index contributed by atoms with van der Waals surface area (Å²) in [6.07, 6.45) is -0.547. The second-order valence-corrected chi connectivity index (χ2v) is 4.69. The van der Waals surface area contributed by atoms with Gasteiger partial charge < -0.3 is 5.32 Å². The van der Waals surface area contributed by atoms with Gasteiger partial charge in [0, 0.05) is 18.3 Å². The molecule has 2 heterocycles. The lowest BCUT2D eigenvalue weighted by Crippen LogP contribution is -2.15. The molecular weight excluding hydrogens is 274 g/mol. The monoisotopic (exact) mass is 288 g/mol. The Balaban J connectivity index is 1.65. The summed E-state index contributed by atoms with van der Waals surface area (Å²) in [5, 5.41) is 11.4. The van der Waals surface area contributed by atoms with Crippen LogP contribution in [0.25, 0.3) is 5.65 Å². The molecular formula is C15H14F2N4. The summed E-state index contributed by atoms with van der Waals surface area (Å²) in [5.74, 6) is 0.788. The maximum atomic E-state index is 12.6. The van der Waals surface area contributed by atoms with Gasteiger partial charge in [0.15, 0.2) is 11.5 Å². The van der Waals surface area contributed by atoms with Crippen molar-refractivity contribution in [1.82, 2.24) is 19.9 Å². The minimum Gasteiger partial charge on any atom is -0.306 e. The zero-order valence-electron chi connectivity index (χ0n) is 11.2. The molecule has 6 heteroatoms. The van der Waals surface area contributed by atoms with E-state index in [9.17, 15) is 8.78 Å². The van der Waals surface area contributed by atoms with Gasteiger partial charge in [-0.25, -0.2) is 8.78 Å². The second kappa shape index (κ2) is 5.97. The van der Waals surface area contributed by atoms with Crippen LogP contribution in [0.5, 0.6) is 0 Å². The zero-order chi connectivity index (χ0) is 14.7. The lowest BCUT2D eigenvalue weighted by atomic mass is 10.1. The standard InChI is InChI=1S/C15H14F2N4/c16-15(17)12-5-3-4-11(8-12)9-18-10-14-20-19-13-6-1-2-7-21(13)14/h1-8,15,18H,9-10H2. The Hall–Kier alpha value is -2.34. The Morgan fingerprint density at radius 1 is 1.05 bits per heavy atom. The van der Waals surface area contributed by atoms with Crippen molar-refractivity contribution in [2.75, 3.05) is 0 Å². The van der Waals surface area contributed by atoms with Crippen LogP contribution >= 0.6 is 0 Å². The molecule has 0 fully saturated rings. The van der Waals surface area contributed by atoms with E-state index < -0.39 is 6.43 Å². The van der Waals surface area contributed by atoms with Gasteiger partial charge in [-0.2, -0.15) is 0 Å². The molecule has 0 saturated carbocycles. The van der Waals surface area contributed by atoms with Crippen molar-refractivity contribution in [1.29, 1.82) is 0 Å². The highest BCUT2D eigenvalue weighted by atomic mass is 19.3. The summed E-state index contributed by atoms with van der Waals surface area (Å²) in [7, 11) is 0. The minimum absolute atomic E-state index is 0.0437. The summed E-state index contributed by atoms with van der Waals surface area (Å²) in [6, 6.07) is 12.1. The largest absolute Gasteiger partial charge is 0.306 e. The molecule has 2 aromatic heterocycles. The predicted molar refractivity (Wildman–Crippen MR) is 74.9 cm³/mol. The van der Waals surface area contributed by atoms with Gasteiger partial charge in [-0.1, -0.05) is 24.3 Å². The number of aromatic nitrogens is 3. The van der Waals surface area contributed by atoms with Gasteiger partial charge in [-0.3, -0.25) is 4.40 Å². The molecule has 0 aliphatic heterocycles. The second-order valence-electron chi connectivity index (χ2n) is 4.69. The van der Waals surface area contributed by atoms with Crippen LogP contribution in [-0.4, -0.2) is 14.6 Å². The lowest BCUT2D eigenvalue weighted by Gasteiger charge is -2.06. The quantitative estimate of drug-likeness (QED) is 0.785. The Kier molecular flexibility index (Phi) is 3.87. The highest BCUT2D eigenvalue weighted by molar-refractivity contribution is 5.37. The first kappa shape index (κ1) is 13.6. The molecule has 1 aromatic carbocycles. The molecule has 0 aliphatic carbocycles. The van der Waals surface area contributed by atoms with Gasteiger partial charge in [0.25, 0.3) is 6.43 Å². The van der Waals surface area contributed by atoms with Gasteiger partial charge in [-0.05, 0) is 23.8 Å². The SMILES string of the molecule is FC(F)c1cccc(CNCc2nnc3ccccn23)c1. The van der Waals surface area contributed by atoms with Crippen molar-refractivity contribution in [3.63, 3.8) is 0 Å². The van der Waals surface area contributed by atoms with E-state index in [2.05, 4.69) is 15.5 Å². The van der Waals surface area contributed by atoms with Gasteiger partial charge in [-0.15, -0.1) is 10.2 Å². The van der Waals surface area contributed by atoms with E-state index in [0.29, 0.717) is 13.1 Å². The first-order chi connectivity index (χ1) is 10.2. The average molecular weight is 288 g/mol. The molecule has 108 valence electrons. The molecule has 3 rings (SSSR count). The molecule has 0 atom stereocenters. The highest BCUT2D eigenvalue weighted by Gasteiger charge is 2.07. The lowest BCUT2D eigenvalue weighted by molar-refractivity contribution is 0.151. The van der Waals surface area contributed by atoms with E-state index in [1.807, 2.05) is 34.9 Å². The number of nitrogens with one attached hydrogen (secondary N) is 1. The van der Waals surface area contributed by atoms with Crippen molar-refractivity contribution in [2.45, 2.75) is 19.5 Å². The van der Waals surface area contributed by atoms with E-state index in [0.717, 1.165) is 17.0 Å². The van der Waals surface area contributed by atoms with Crippen molar-refractivity contribution < 1.29 is 8.78 Å². The van der Waals surface area contributed by atoms with Gasteiger partial charge in [0.1, 0.15) is 0 Å². The molecule has 0 radical (unpaired) electrons. The normalized spacial score (nSPS) is 11.4. The number of fused-ring (bicyclic) bond motifs is 1. The van der Waals surface area contributed by atoms with E-state index in [1.165, 1.54) is 12.1 Å². The third-order valence-corrected chi connectivity index (χ3v) is 3.20. The summed E-state index contributed by atoms with van der Waals surface area (Å²) in [6.45, 7) is 1.02. The summed E-state index contributed by atoms with van der Waals surface area (Å²) in [4.78, 5) is 0. The van der Waals surface area contributed by atoms with Crippen molar-refractivity contribution in [2.24, 2.45) is 0 Å². The summed E-state index contributed by atoms with van der Waals surface area (Å²) in [5.41, 5.74) is 1.65. The van der Waals surface area contributed by atoms with E-state index in [1.54, 1.807) is 6.07 Å². The molecule has 3 aromatic rings. The Morgan fingerprint density at radius 3 is 2.81 bits per heavy atom. The summed E-state index contributed by atoms with van der Waals surface area (Å²) < 4.78 is 27.1. The van der Waals surface area contributed by atoms with Gasteiger partial charge in [0.2, 0.25) is 0 Å². The highest BCUT2D eigenvalue weighted by Crippen LogP contribution is 2.19. The first-order valence-electron chi connectivity index (χ1n) is 6.60. The number of rotatable bonds is 5. The van der Waals surface area contributed by atoms with Crippen LogP contribution in [0.3, 0.4) is 0 Å². The smallest absolute Gasteiger partial charge is 0.263 e. The zero-order valence-corrected chi connectivity index (χ0v) is 11.2. The van der Waals surface area contributed by atoms with Crippen LogP contribution in [0.4, 0.5) is 8.78 Å². The molecule has 0 spiro atoms. The van der Waals surface area contributed by atoms with E-state index in [4.69, 9.17) is 0 Å². The Labute approximate surface area is 120 Å². The van der Waals surface area contributed by atoms with Crippen LogP contribution in [-0.2, 0) is 13.1 Å². The Morgan fingerprint density at radius 2 is 1.95 bits per heavy atom. The molecule has 0 aliphatic rings. The number of benzene rings is 1. The van der Waals surface area contributed by atoms with Gasteiger partial charge >= 0.3 is 0 Å². The third kappa shape index (κ3) is 3.05. The summed E-state index contributed by atoms with van der Waals surface area (Å²) >= 11 is 0. The predicted octanol–water partition coefficient (Wildman–Crippen LogP) is 2.96. The molecule has 21 heavy (non-hydrogen) atoms. The molecule has 4 nitrogen and oxygen atoms in total. The topological polar surface area (TPSA) is 42.2 Å². The van der Waals surface area contributed by atoms with Crippen LogP contribution in [0.15, 0.2) is 48.7 Å². The van der Waals surface area contributed by atoms with Crippen LogP contribution in [0.2, 0.25) is 0 Å². The fourth-order valence-electron chi connectivity index (χ4n) is 2.17. The number of nitrogens with zero attached hydrogens (tertiary/aromatic N) is 3. The third-order valence-electron chi connectivity index (χ3n) is 3.20. The molecule has 0 bridgehead atoms. The number of alkyl halides is 2. The average Bonchev–Trinajstić information content (AvgIpc) is 2.91. The number of hydrogen-bond acceptors (Lipinski definition) is 3. The fraction of sp³-hybridized carbons (Fsp3) is 0.200. The van der Waals surface area contributed by atoms with Crippen molar-refractivity contribution in [3.8, 4) is 0 Å². The number of pyridine rings is 1. The first-order valence-corrected chi connectivity index (χ1v) is 6.60. The maximum Gasteiger partial charge on any atom is 0.263 e. The van der Waals surface area contributed by atoms with Crippen molar-refractivity contribution in [3.05, 3.63) is 65.6 Å². The van der Waals surface area contributed by atoms with Gasteiger partial charge in [0.05, 0.1) is 6.54 Å². The fourth-order valence-corrected chi connectivity index (χ4v) is 2.17. The molecule has 1 N–H and O–H groups in total. The van der Waals surface area contributed by atoms with Crippen LogP contribution < -0.4 is 5.32 Å². The van der Waals surface area contributed by atoms with Crippen molar-refractivity contribution >= 4 is 5.65 Å².